The topological polar surface area (TPSA) is 9.23 Å². The Morgan fingerprint density at radius 3 is 1.69 bits per heavy atom. The van der Waals surface area contributed by atoms with Gasteiger partial charge >= 0.3 is 0 Å². The molecule has 0 fully saturated rings. The zero-order valence-electron chi connectivity index (χ0n) is 23.7. The first kappa shape index (κ1) is 29.0. The highest BCUT2D eigenvalue weighted by atomic mass is 31.1. The molecule has 0 saturated heterocycles. The molecule has 0 aromatic heterocycles. The molecule has 0 amide bonds. The molecule has 0 atom stereocenters. The summed E-state index contributed by atoms with van der Waals surface area (Å²) in [4.78, 5) is 0. The fraction of sp³-hybridized carbons (Fsp3) is 0.0513. The van der Waals surface area contributed by atoms with Crippen LogP contribution in [0, 0.1) is 11.8 Å². The normalized spacial score (nSPS) is 10.9. The predicted octanol–water partition coefficient (Wildman–Crippen LogP) is 7.26. The number of ether oxygens (including phenoxy) is 1. The van der Waals surface area contributed by atoms with Crippen molar-refractivity contribution in [3.8, 4) is 17.6 Å². The lowest BCUT2D eigenvalue weighted by molar-refractivity contribution is 0.366. The van der Waals surface area contributed by atoms with Gasteiger partial charge in [0.1, 0.15) is 12.4 Å². The van der Waals surface area contributed by atoms with Gasteiger partial charge in [-0.25, -0.2) is 0 Å². The minimum Gasteiger partial charge on any atom is -0.489 e. The van der Waals surface area contributed by atoms with Gasteiger partial charge < -0.3 is 4.74 Å². The molecule has 0 radical (unpaired) electrons. The summed E-state index contributed by atoms with van der Waals surface area (Å²) in [5.41, 5.74) is 0. The van der Waals surface area contributed by atoms with E-state index in [1.54, 1.807) is 0 Å². The summed E-state index contributed by atoms with van der Waals surface area (Å²) >= 11 is 0. The summed E-state index contributed by atoms with van der Waals surface area (Å²) in [5, 5.41) is 7.54. The monoisotopic (exact) mass is 579 g/mol. The molecule has 204 valence electrons. The third-order valence-corrected chi connectivity index (χ3v) is 11.3. The van der Waals surface area contributed by atoms with Gasteiger partial charge in [-0.05, 0) is 73.9 Å². The van der Waals surface area contributed by atoms with Gasteiger partial charge in [0, 0.05) is 5.30 Å². The van der Waals surface area contributed by atoms with Crippen LogP contribution in [-0.4, -0.2) is 11.9 Å². The van der Waals surface area contributed by atoms with E-state index in [0.29, 0.717) is 6.61 Å². The van der Waals surface area contributed by atoms with Crippen LogP contribution in [0.2, 0.25) is 0 Å². The molecule has 0 N–H and O–H groups in total. The molecule has 5 aromatic carbocycles. The van der Waals surface area contributed by atoms with Gasteiger partial charge in [-0.2, -0.15) is 0 Å². The summed E-state index contributed by atoms with van der Waals surface area (Å²) < 4.78 is 6.37. The van der Waals surface area contributed by atoms with Gasteiger partial charge in [-0.15, -0.1) is 0 Å². The number of benzene rings is 5. The Kier molecular flexibility index (Phi) is 10.7. The lowest BCUT2D eigenvalue weighted by atomic mass is 10.3. The van der Waals surface area contributed by atoms with Crippen LogP contribution in [0.3, 0.4) is 0 Å². The Morgan fingerprint density at radius 1 is 0.643 bits per heavy atom. The average molecular weight is 580 g/mol. The quantitative estimate of drug-likeness (QED) is 0.0961. The highest BCUT2D eigenvalue weighted by molar-refractivity contribution is 7.80. The molecule has 3 heteroatoms. The molecule has 0 heterocycles. The van der Waals surface area contributed by atoms with E-state index in [0.717, 1.165) is 11.0 Å². The highest BCUT2D eigenvalue weighted by Gasteiger charge is 2.22. The van der Waals surface area contributed by atoms with E-state index in [2.05, 4.69) is 176 Å². The maximum atomic E-state index is 6.37. The fourth-order valence-electron chi connectivity index (χ4n) is 4.65. The summed E-state index contributed by atoms with van der Waals surface area (Å²) in [5.74, 6) is 7.45. The smallest absolute Gasteiger partial charge is 0.204 e. The van der Waals surface area contributed by atoms with Gasteiger partial charge in [-0.3, -0.25) is 0 Å². The summed E-state index contributed by atoms with van der Waals surface area (Å²) in [6.45, 7) is 2.38. The standard InChI is InChI=1S/C39H33OP2/c1-2-20-33(41(34-22-8-3-9-23-34)35-24-10-4-11-25-35)21-16-7-19-32-40-38-30-17-18-31-39(38)42(36-26-12-5-13-27-36)37-28-14-6-15-29-37/h3-19,21-31H,32H2,1H3/q+1/b19-7-,21-16-. The minimum atomic E-state index is -0.744. The van der Waals surface area contributed by atoms with E-state index in [1.165, 1.54) is 26.5 Å². The molecule has 1 nitrogen and oxygen atoms in total. The maximum Gasteiger partial charge on any atom is 0.204 e. The fourth-order valence-corrected chi connectivity index (χ4v) is 9.29. The second-order valence-corrected chi connectivity index (χ2v) is 13.7. The van der Waals surface area contributed by atoms with E-state index < -0.39 is 15.5 Å². The summed E-state index contributed by atoms with van der Waals surface area (Å²) in [7, 11) is -1.48. The van der Waals surface area contributed by atoms with E-state index in [-0.39, 0.29) is 0 Å². The molecule has 0 aliphatic heterocycles. The van der Waals surface area contributed by atoms with Crippen LogP contribution in [0.1, 0.15) is 6.92 Å². The van der Waals surface area contributed by atoms with Crippen molar-refractivity contribution in [3.63, 3.8) is 0 Å². The lowest BCUT2D eigenvalue weighted by Gasteiger charge is -2.22. The van der Waals surface area contributed by atoms with Gasteiger partial charge in [0.15, 0.2) is 18.2 Å². The minimum absolute atomic E-state index is 0.481. The van der Waals surface area contributed by atoms with E-state index in [9.17, 15) is 0 Å². The van der Waals surface area contributed by atoms with Crippen molar-refractivity contribution in [2.45, 2.75) is 6.92 Å². The largest absolute Gasteiger partial charge is 0.489 e. The molecule has 0 unspecified atom stereocenters. The first-order valence-corrected chi connectivity index (χ1v) is 16.7. The molecule has 42 heavy (non-hydrogen) atoms. The Bertz CT molecular complexity index is 1630. The number of hydrogen-bond acceptors (Lipinski definition) is 1. The molecule has 0 saturated carbocycles. The van der Waals surface area contributed by atoms with Crippen LogP contribution >= 0.6 is 15.5 Å². The summed E-state index contributed by atoms with van der Waals surface area (Å²) in [6.07, 6.45) is 8.35. The van der Waals surface area contributed by atoms with Crippen molar-refractivity contribution in [2.75, 3.05) is 6.61 Å². The van der Waals surface area contributed by atoms with Crippen LogP contribution in [-0.2, 0) is 0 Å². The zero-order valence-corrected chi connectivity index (χ0v) is 25.5. The van der Waals surface area contributed by atoms with E-state index in [4.69, 9.17) is 4.74 Å². The third kappa shape index (κ3) is 7.63. The van der Waals surface area contributed by atoms with Gasteiger partial charge in [0.05, 0.1) is 0 Å². The van der Waals surface area contributed by atoms with Crippen LogP contribution < -0.4 is 31.3 Å². The van der Waals surface area contributed by atoms with E-state index in [1.807, 2.05) is 13.0 Å². The number of allylic oxidation sites excluding steroid dienone is 3. The molecule has 0 spiro atoms. The van der Waals surface area contributed by atoms with Crippen molar-refractivity contribution >= 4 is 47.3 Å². The second-order valence-electron chi connectivity index (χ2n) is 9.34. The van der Waals surface area contributed by atoms with Crippen molar-refractivity contribution in [3.05, 3.63) is 170 Å². The molecule has 5 rings (SSSR count). The molecular formula is C39H33OP2+. The van der Waals surface area contributed by atoms with Gasteiger partial charge in [0.2, 0.25) is 5.29 Å². The van der Waals surface area contributed by atoms with Crippen molar-refractivity contribution in [2.24, 2.45) is 0 Å². The molecule has 0 aliphatic carbocycles. The maximum absolute atomic E-state index is 6.37. The second kappa shape index (κ2) is 15.5. The lowest BCUT2D eigenvalue weighted by Crippen LogP contribution is -2.22. The van der Waals surface area contributed by atoms with Crippen LogP contribution in [0.5, 0.6) is 5.75 Å². The van der Waals surface area contributed by atoms with E-state index >= 15 is 0 Å². The Hall–Kier alpha value is -4.46. The van der Waals surface area contributed by atoms with Gasteiger partial charge in [-0.1, -0.05) is 133 Å². The Morgan fingerprint density at radius 2 is 1.14 bits per heavy atom. The number of para-hydroxylation sites is 1. The average Bonchev–Trinajstić information content (AvgIpc) is 3.05. The predicted molar refractivity (Wildman–Crippen MR) is 186 cm³/mol. The van der Waals surface area contributed by atoms with Crippen LogP contribution in [0.15, 0.2) is 170 Å². The van der Waals surface area contributed by atoms with Crippen molar-refractivity contribution < 1.29 is 4.74 Å². The molecule has 0 aliphatic rings. The number of hydrogen-bond donors (Lipinski definition) is 0. The third-order valence-electron chi connectivity index (χ3n) is 6.49. The zero-order chi connectivity index (χ0) is 28.8. The van der Waals surface area contributed by atoms with Crippen molar-refractivity contribution in [1.82, 2.24) is 0 Å². The molecular weight excluding hydrogens is 546 g/mol. The Labute approximate surface area is 252 Å². The first-order valence-electron chi connectivity index (χ1n) is 14.0. The van der Waals surface area contributed by atoms with Gasteiger partial charge in [0.25, 0.3) is 0 Å². The number of rotatable bonds is 10. The molecule has 5 aromatic rings. The van der Waals surface area contributed by atoms with Crippen LogP contribution in [0.4, 0.5) is 0 Å². The van der Waals surface area contributed by atoms with Crippen molar-refractivity contribution in [1.29, 1.82) is 0 Å². The molecule has 0 bridgehead atoms. The Balaban J connectivity index is 1.37. The highest BCUT2D eigenvalue weighted by Crippen LogP contribution is 2.36. The first-order chi connectivity index (χ1) is 20.8. The summed E-state index contributed by atoms with van der Waals surface area (Å²) in [6, 6.07) is 51.2. The SMILES string of the molecule is CC#CC(/C=C\C=C/COc1ccccc1P(c1ccccc1)c1ccccc1)=[P+](c1ccccc1)c1ccccc1. The van der Waals surface area contributed by atoms with Crippen LogP contribution in [0.25, 0.3) is 0 Å².